The summed E-state index contributed by atoms with van der Waals surface area (Å²) < 4.78 is 5.12. The molecule has 126 valence electrons. The Balaban J connectivity index is 2.05. The van der Waals surface area contributed by atoms with Gasteiger partial charge in [0, 0.05) is 12.8 Å². The van der Waals surface area contributed by atoms with E-state index in [9.17, 15) is 10.1 Å². The first-order chi connectivity index (χ1) is 11.6. The summed E-state index contributed by atoms with van der Waals surface area (Å²) in [6.45, 7) is 4.15. The Morgan fingerprint density at radius 1 is 1.50 bits per heavy atom. The summed E-state index contributed by atoms with van der Waals surface area (Å²) in [6.07, 6.45) is 0.781. The second-order valence-corrected chi connectivity index (χ2v) is 6.87. The molecule has 0 aromatic carbocycles. The van der Waals surface area contributed by atoms with Crippen molar-refractivity contribution in [1.82, 2.24) is 15.2 Å². The molecule has 7 nitrogen and oxygen atoms in total. The third-order valence-electron chi connectivity index (χ3n) is 2.96. The lowest BCUT2D eigenvalue weighted by Gasteiger charge is -2.09. The molecule has 2 heterocycles. The summed E-state index contributed by atoms with van der Waals surface area (Å²) in [7, 11) is 1.57. The van der Waals surface area contributed by atoms with Crippen molar-refractivity contribution in [3.63, 3.8) is 0 Å². The molecule has 1 amide bonds. The van der Waals surface area contributed by atoms with Crippen molar-refractivity contribution < 1.29 is 9.53 Å². The average Bonchev–Trinajstić information content (AvgIpc) is 3.00. The molecule has 1 N–H and O–H groups in total. The van der Waals surface area contributed by atoms with Crippen molar-refractivity contribution >= 4 is 34.1 Å². The Bertz CT molecular complexity index is 770. The van der Waals surface area contributed by atoms with Crippen LogP contribution in [0, 0.1) is 18.3 Å². The lowest BCUT2D eigenvalue weighted by molar-refractivity contribution is -0.113. The molecule has 0 atom stereocenters. The van der Waals surface area contributed by atoms with Crippen LogP contribution in [0.2, 0.25) is 0 Å². The molecule has 0 aliphatic carbocycles. The van der Waals surface area contributed by atoms with Crippen LogP contribution in [0.15, 0.2) is 11.1 Å². The van der Waals surface area contributed by atoms with E-state index in [2.05, 4.69) is 26.6 Å². The first kappa shape index (κ1) is 18.3. The van der Waals surface area contributed by atoms with Crippen LogP contribution in [0.5, 0.6) is 0 Å². The van der Waals surface area contributed by atoms with Crippen LogP contribution in [0.1, 0.15) is 28.8 Å². The molecule has 0 spiro atoms. The normalized spacial score (nSPS) is 10.4. The van der Waals surface area contributed by atoms with Crippen molar-refractivity contribution in [1.29, 1.82) is 5.26 Å². The number of carbonyl (C=O) groups excluding carboxylic acids is 1. The summed E-state index contributed by atoms with van der Waals surface area (Å²) >= 11 is 2.58. The van der Waals surface area contributed by atoms with Gasteiger partial charge in [0.05, 0.1) is 17.9 Å². The van der Waals surface area contributed by atoms with Crippen LogP contribution < -0.4 is 5.32 Å². The molecule has 0 aliphatic rings. The van der Waals surface area contributed by atoms with E-state index in [0.29, 0.717) is 22.3 Å². The predicted molar refractivity (Wildman–Crippen MR) is 93.0 cm³/mol. The number of rotatable bonds is 7. The third-order valence-corrected chi connectivity index (χ3v) is 4.92. The van der Waals surface area contributed by atoms with Crippen molar-refractivity contribution in [2.45, 2.75) is 31.9 Å². The second-order valence-electron chi connectivity index (χ2n) is 4.84. The van der Waals surface area contributed by atoms with Gasteiger partial charge in [-0.1, -0.05) is 30.0 Å². The van der Waals surface area contributed by atoms with E-state index in [4.69, 9.17) is 4.74 Å². The number of methoxy groups -OCH3 is 1. The quantitative estimate of drug-likeness (QED) is 0.754. The number of carbonyl (C=O) groups is 1. The van der Waals surface area contributed by atoms with Gasteiger partial charge in [-0.3, -0.25) is 10.1 Å². The van der Waals surface area contributed by atoms with E-state index < -0.39 is 0 Å². The van der Waals surface area contributed by atoms with Gasteiger partial charge in [0.25, 0.3) is 0 Å². The number of hydrogen-bond acceptors (Lipinski definition) is 8. The summed E-state index contributed by atoms with van der Waals surface area (Å²) in [5, 5.41) is 21.8. The first-order valence-electron chi connectivity index (χ1n) is 7.22. The molecular weight excluding hydrogens is 346 g/mol. The van der Waals surface area contributed by atoms with Crippen molar-refractivity contribution in [3.05, 3.63) is 27.9 Å². The van der Waals surface area contributed by atoms with E-state index >= 15 is 0 Å². The number of hydrogen-bond donors (Lipinski definition) is 1. The maximum absolute atomic E-state index is 12.1. The standard InChI is InChI=1S/C15H17N5O2S2/c1-4-13-19-20-15(24-13)18-12(21)8-23-14-11(6-16)10(7-22-3)5-9(2)17-14/h5H,4,7-8H2,1-3H3,(H,18,20,21). The minimum absolute atomic E-state index is 0.137. The van der Waals surface area contributed by atoms with E-state index in [1.54, 1.807) is 7.11 Å². The SMILES string of the molecule is CCc1nnc(NC(=O)CSc2nc(C)cc(COC)c2C#N)s1. The zero-order chi connectivity index (χ0) is 17.5. The lowest BCUT2D eigenvalue weighted by atomic mass is 10.1. The Hall–Kier alpha value is -2.02. The molecule has 0 fully saturated rings. The highest BCUT2D eigenvalue weighted by Gasteiger charge is 2.14. The molecule has 0 unspecified atom stereocenters. The number of thioether (sulfide) groups is 1. The Labute approximate surface area is 148 Å². The Morgan fingerprint density at radius 2 is 2.29 bits per heavy atom. The van der Waals surface area contributed by atoms with E-state index in [1.165, 1.54) is 23.1 Å². The fourth-order valence-corrected chi connectivity index (χ4v) is 3.50. The maximum Gasteiger partial charge on any atom is 0.236 e. The number of aryl methyl sites for hydroxylation is 2. The largest absolute Gasteiger partial charge is 0.380 e. The van der Waals surface area contributed by atoms with Gasteiger partial charge in [0.15, 0.2) is 0 Å². The first-order valence-corrected chi connectivity index (χ1v) is 9.02. The van der Waals surface area contributed by atoms with Crippen molar-refractivity contribution in [2.24, 2.45) is 0 Å². The number of ether oxygens (including phenoxy) is 1. The van der Waals surface area contributed by atoms with E-state index in [0.717, 1.165) is 22.7 Å². The van der Waals surface area contributed by atoms with Gasteiger partial charge in [-0.05, 0) is 25.0 Å². The minimum atomic E-state index is -0.209. The van der Waals surface area contributed by atoms with E-state index in [-0.39, 0.29) is 11.7 Å². The maximum atomic E-state index is 12.1. The highest BCUT2D eigenvalue weighted by Crippen LogP contribution is 2.25. The number of nitrogens with zero attached hydrogens (tertiary/aromatic N) is 4. The van der Waals surface area contributed by atoms with Crippen LogP contribution >= 0.6 is 23.1 Å². The fourth-order valence-electron chi connectivity index (χ4n) is 1.94. The van der Waals surface area contributed by atoms with Gasteiger partial charge in [-0.2, -0.15) is 5.26 Å². The van der Waals surface area contributed by atoms with Crippen LogP contribution in [-0.4, -0.2) is 34.0 Å². The molecule has 0 aliphatic heterocycles. The van der Waals surface area contributed by atoms with Crippen LogP contribution in [-0.2, 0) is 22.6 Å². The van der Waals surface area contributed by atoms with Gasteiger partial charge >= 0.3 is 0 Å². The Morgan fingerprint density at radius 3 is 2.92 bits per heavy atom. The zero-order valence-corrected chi connectivity index (χ0v) is 15.3. The van der Waals surface area contributed by atoms with Crippen molar-refractivity contribution in [2.75, 3.05) is 18.2 Å². The van der Waals surface area contributed by atoms with Crippen LogP contribution in [0.25, 0.3) is 0 Å². The number of amides is 1. The predicted octanol–water partition coefficient (Wildman–Crippen LogP) is 2.55. The molecule has 0 bridgehead atoms. The highest BCUT2D eigenvalue weighted by molar-refractivity contribution is 8.00. The third kappa shape index (κ3) is 4.74. The van der Waals surface area contributed by atoms with Crippen LogP contribution in [0.4, 0.5) is 5.13 Å². The summed E-state index contributed by atoms with van der Waals surface area (Å²) in [5.74, 6) is -0.0715. The molecule has 9 heteroatoms. The minimum Gasteiger partial charge on any atom is -0.380 e. The molecule has 0 saturated carbocycles. The van der Waals surface area contributed by atoms with Crippen molar-refractivity contribution in [3.8, 4) is 6.07 Å². The number of pyridine rings is 1. The smallest absolute Gasteiger partial charge is 0.236 e. The second kappa shape index (κ2) is 8.73. The van der Waals surface area contributed by atoms with Gasteiger partial charge in [0.2, 0.25) is 11.0 Å². The average molecular weight is 363 g/mol. The lowest BCUT2D eigenvalue weighted by Crippen LogP contribution is -2.14. The van der Waals surface area contributed by atoms with Gasteiger partial charge in [-0.25, -0.2) is 4.98 Å². The summed E-state index contributed by atoms with van der Waals surface area (Å²) in [4.78, 5) is 16.4. The molecular formula is C15H17N5O2S2. The van der Waals surface area contributed by atoms with Gasteiger partial charge in [0.1, 0.15) is 16.1 Å². The number of nitrogens with one attached hydrogen (secondary N) is 1. The molecule has 2 aromatic heterocycles. The summed E-state index contributed by atoms with van der Waals surface area (Å²) in [5.41, 5.74) is 2.00. The van der Waals surface area contributed by atoms with Gasteiger partial charge < -0.3 is 4.74 Å². The van der Waals surface area contributed by atoms with Crippen LogP contribution in [0.3, 0.4) is 0 Å². The number of nitriles is 1. The molecule has 0 radical (unpaired) electrons. The number of anilines is 1. The molecule has 0 saturated heterocycles. The number of aromatic nitrogens is 3. The monoisotopic (exact) mass is 363 g/mol. The zero-order valence-electron chi connectivity index (χ0n) is 13.6. The topological polar surface area (TPSA) is 101 Å². The molecule has 2 rings (SSSR count). The molecule has 24 heavy (non-hydrogen) atoms. The summed E-state index contributed by atoms with van der Waals surface area (Å²) in [6, 6.07) is 3.96. The van der Waals surface area contributed by atoms with Gasteiger partial charge in [-0.15, -0.1) is 10.2 Å². The Kier molecular flexibility index (Phi) is 6.66. The molecule has 2 aromatic rings. The fraction of sp³-hybridized carbons (Fsp3) is 0.400. The highest BCUT2D eigenvalue weighted by atomic mass is 32.2. The van der Waals surface area contributed by atoms with E-state index in [1.807, 2.05) is 19.9 Å².